The Hall–Kier alpha value is -2.00. The lowest BCUT2D eigenvalue weighted by atomic mass is 10.4. The molecule has 0 saturated carbocycles. The Morgan fingerprint density at radius 1 is 1.14 bits per heavy atom. The summed E-state index contributed by atoms with van der Waals surface area (Å²) in [5, 5.41) is 4.20. The van der Waals surface area contributed by atoms with Crippen molar-refractivity contribution in [2.45, 2.75) is 32.5 Å². The molecule has 10 heteroatoms. The minimum Gasteiger partial charge on any atom is -0.462 e. The quantitative estimate of drug-likeness (QED) is 0.676. The number of esters is 1. The predicted octanol–water partition coefficient (Wildman–Crippen LogP) is 0.733. The van der Waals surface area contributed by atoms with E-state index in [4.69, 9.17) is 4.74 Å². The number of alkyl halides is 3. The third-order valence-corrected chi connectivity index (χ3v) is 1.79. The minimum atomic E-state index is -4.61. The van der Waals surface area contributed by atoms with Gasteiger partial charge in [-0.2, -0.15) is 13.2 Å². The van der Waals surface area contributed by atoms with Gasteiger partial charge in [-0.25, -0.2) is 4.79 Å². The summed E-state index contributed by atoms with van der Waals surface area (Å²) in [6.45, 7) is 1.05. The van der Waals surface area contributed by atoms with Gasteiger partial charge in [0.05, 0.1) is 6.10 Å². The molecule has 0 saturated heterocycles. The Kier molecular flexibility index (Phi) is 8.17. The molecule has 0 radical (unpaired) electrons. The highest BCUT2D eigenvalue weighted by atomic mass is 19.4. The summed E-state index contributed by atoms with van der Waals surface area (Å²) in [4.78, 5) is 33.1. The first-order chi connectivity index (χ1) is 9.60. The summed E-state index contributed by atoms with van der Waals surface area (Å²) in [7, 11) is 0. The molecule has 0 aromatic heterocycles. The van der Waals surface area contributed by atoms with Crippen LogP contribution in [-0.4, -0.2) is 49.9 Å². The van der Waals surface area contributed by atoms with Crippen LogP contribution >= 0.6 is 0 Å². The van der Waals surface area contributed by atoms with Crippen molar-refractivity contribution in [2.24, 2.45) is 0 Å². The highest BCUT2D eigenvalue weighted by molar-refractivity contribution is 5.82. The molecule has 0 rings (SSSR count). The van der Waals surface area contributed by atoms with Crippen molar-refractivity contribution in [3.63, 3.8) is 0 Å². The third-order valence-electron chi connectivity index (χ3n) is 1.79. The largest absolute Gasteiger partial charge is 0.462 e. The molecule has 0 aromatic rings. The number of rotatable bonds is 7. The molecule has 7 nitrogen and oxygen atoms in total. The molecule has 0 aliphatic carbocycles. The van der Waals surface area contributed by atoms with Crippen LogP contribution < -0.4 is 10.6 Å². The normalized spacial score (nSPS) is 11.0. The maximum Gasteiger partial charge on any atom is 0.422 e. The lowest BCUT2D eigenvalue weighted by Gasteiger charge is -2.10. The third kappa shape index (κ3) is 12.8. The molecule has 0 atom stereocenters. The van der Waals surface area contributed by atoms with Gasteiger partial charge in [0, 0.05) is 13.0 Å². The number of carbonyl (C=O) groups is 3. The molecule has 0 aromatic carbocycles. The zero-order chi connectivity index (χ0) is 16.5. The molecule has 0 bridgehead atoms. The second-order valence-electron chi connectivity index (χ2n) is 4.18. The van der Waals surface area contributed by atoms with Gasteiger partial charge in [0.1, 0.15) is 6.54 Å². The Bertz CT molecular complexity index is 371. The van der Waals surface area contributed by atoms with E-state index in [0.29, 0.717) is 0 Å². The number of ether oxygens (including phenoxy) is 2. The van der Waals surface area contributed by atoms with Crippen molar-refractivity contribution in [3.8, 4) is 0 Å². The van der Waals surface area contributed by atoms with Gasteiger partial charge in [-0.3, -0.25) is 9.59 Å². The highest BCUT2D eigenvalue weighted by Crippen LogP contribution is 2.14. The van der Waals surface area contributed by atoms with E-state index >= 15 is 0 Å². The lowest BCUT2D eigenvalue weighted by molar-refractivity contribution is -0.160. The van der Waals surface area contributed by atoms with Gasteiger partial charge < -0.3 is 20.1 Å². The molecule has 0 heterocycles. The second-order valence-corrected chi connectivity index (χ2v) is 4.18. The van der Waals surface area contributed by atoms with E-state index in [-0.39, 0.29) is 25.6 Å². The van der Waals surface area contributed by atoms with Crippen molar-refractivity contribution in [3.05, 3.63) is 0 Å². The summed E-state index contributed by atoms with van der Waals surface area (Å²) >= 11 is 0. The average Bonchev–Trinajstić information content (AvgIpc) is 2.32. The molecular weight excluding hydrogens is 297 g/mol. The zero-order valence-electron chi connectivity index (χ0n) is 11.6. The molecule has 122 valence electrons. The summed E-state index contributed by atoms with van der Waals surface area (Å²) in [6.07, 6.45) is -6.40. The van der Waals surface area contributed by atoms with Crippen molar-refractivity contribution in [1.29, 1.82) is 0 Å². The van der Waals surface area contributed by atoms with Crippen LogP contribution in [0.3, 0.4) is 0 Å². The van der Waals surface area contributed by atoms with E-state index in [0.717, 1.165) is 0 Å². The van der Waals surface area contributed by atoms with E-state index in [1.165, 1.54) is 0 Å². The molecular formula is C11H17F3N2O5. The number of carbonyl (C=O) groups excluding carboxylic acids is 3. The van der Waals surface area contributed by atoms with Gasteiger partial charge >= 0.3 is 18.2 Å². The predicted molar refractivity (Wildman–Crippen MR) is 64.3 cm³/mol. The summed E-state index contributed by atoms with van der Waals surface area (Å²) in [6, 6.07) is 0. The van der Waals surface area contributed by atoms with Gasteiger partial charge in [0.25, 0.3) is 0 Å². The number of hydrogen-bond donors (Lipinski definition) is 2. The molecule has 2 amide bonds. The van der Waals surface area contributed by atoms with Gasteiger partial charge in [0.2, 0.25) is 5.91 Å². The first-order valence-electron chi connectivity index (χ1n) is 6.03. The number of alkyl carbamates (subject to hydrolysis) is 1. The van der Waals surface area contributed by atoms with Crippen LogP contribution in [0, 0.1) is 0 Å². The molecule has 0 spiro atoms. The van der Waals surface area contributed by atoms with E-state index in [9.17, 15) is 27.6 Å². The fourth-order valence-corrected chi connectivity index (χ4v) is 1.04. The van der Waals surface area contributed by atoms with Crippen LogP contribution in [-0.2, 0) is 19.1 Å². The number of halogens is 3. The summed E-state index contributed by atoms with van der Waals surface area (Å²) < 4.78 is 43.8. The second kappa shape index (κ2) is 9.03. The van der Waals surface area contributed by atoms with Crippen molar-refractivity contribution in [1.82, 2.24) is 10.6 Å². The number of hydrogen-bond acceptors (Lipinski definition) is 5. The van der Waals surface area contributed by atoms with Crippen molar-refractivity contribution >= 4 is 18.0 Å². The van der Waals surface area contributed by atoms with E-state index in [1.807, 2.05) is 5.32 Å². The SMILES string of the molecule is CC(C)OC(=O)CNC(=O)CCNC(=O)OCC(F)(F)F. The summed E-state index contributed by atoms with van der Waals surface area (Å²) in [5.74, 6) is -1.18. The maximum atomic E-state index is 11.7. The van der Waals surface area contributed by atoms with Crippen LogP contribution in [0.1, 0.15) is 20.3 Å². The molecule has 0 fully saturated rings. The fourth-order valence-electron chi connectivity index (χ4n) is 1.04. The zero-order valence-corrected chi connectivity index (χ0v) is 11.6. The number of nitrogens with one attached hydrogen (secondary N) is 2. The highest BCUT2D eigenvalue weighted by Gasteiger charge is 2.29. The smallest absolute Gasteiger partial charge is 0.422 e. The van der Waals surface area contributed by atoms with Gasteiger partial charge in [-0.05, 0) is 13.8 Å². The Labute approximate surface area is 119 Å². The summed E-state index contributed by atoms with van der Waals surface area (Å²) in [5.41, 5.74) is 0. The van der Waals surface area contributed by atoms with E-state index < -0.39 is 30.8 Å². The van der Waals surface area contributed by atoms with E-state index in [1.54, 1.807) is 13.8 Å². The van der Waals surface area contributed by atoms with Crippen molar-refractivity contribution < 1.29 is 37.0 Å². The van der Waals surface area contributed by atoms with Gasteiger partial charge in [-0.1, -0.05) is 0 Å². The van der Waals surface area contributed by atoms with Crippen LogP contribution in [0.25, 0.3) is 0 Å². The van der Waals surface area contributed by atoms with E-state index in [2.05, 4.69) is 10.1 Å². The van der Waals surface area contributed by atoms with Gasteiger partial charge in [0.15, 0.2) is 6.61 Å². The van der Waals surface area contributed by atoms with Crippen LogP contribution in [0.15, 0.2) is 0 Å². The fraction of sp³-hybridized carbons (Fsp3) is 0.727. The van der Waals surface area contributed by atoms with Crippen LogP contribution in [0.2, 0.25) is 0 Å². The van der Waals surface area contributed by atoms with Crippen LogP contribution in [0.5, 0.6) is 0 Å². The molecule has 2 N–H and O–H groups in total. The van der Waals surface area contributed by atoms with Crippen LogP contribution in [0.4, 0.5) is 18.0 Å². The Morgan fingerprint density at radius 3 is 2.29 bits per heavy atom. The molecule has 0 aliphatic rings. The van der Waals surface area contributed by atoms with Gasteiger partial charge in [-0.15, -0.1) is 0 Å². The Morgan fingerprint density at radius 2 is 1.76 bits per heavy atom. The monoisotopic (exact) mass is 314 g/mol. The minimum absolute atomic E-state index is 0.212. The Balaban J connectivity index is 3.70. The first kappa shape index (κ1) is 19.0. The molecule has 0 aliphatic heterocycles. The standard InChI is InChI=1S/C11H17F3N2O5/c1-7(2)21-9(18)5-16-8(17)3-4-15-10(19)20-6-11(12,13)14/h7H,3-6H2,1-2H3,(H,15,19)(H,16,17). The number of amides is 2. The average molecular weight is 314 g/mol. The topological polar surface area (TPSA) is 93.7 Å². The van der Waals surface area contributed by atoms with Crippen molar-refractivity contribution in [2.75, 3.05) is 19.7 Å². The maximum absolute atomic E-state index is 11.7. The lowest BCUT2D eigenvalue weighted by Crippen LogP contribution is -2.35. The molecule has 0 unspecified atom stereocenters. The molecule has 21 heavy (non-hydrogen) atoms. The first-order valence-corrected chi connectivity index (χ1v) is 6.03.